The van der Waals surface area contributed by atoms with E-state index in [1.807, 2.05) is 36.4 Å². The molecule has 0 spiro atoms. The van der Waals surface area contributed by atoms with Gasteiger partial charge in [-0.2, -0.15) is 9.97 Å². The van der Waals surface area contributed by atoms with E-state index < -0.39 is 0 Å². The summed E-state index contributed by atoms with van der Waals surface area (Å²) in [7, 11) is 0. The quantitative estimate of drug-likeness (QED) is 0.397. The van der Waals surface area contributed by atoms with Crippen LogP contribution in [0.3, 0.4) is 0 Å². The summed E-state index contributed by atoms with van der Waals surface area (Å²) in [5, 5.41) is 6.94. The molecule has 0 aliphatic carbocycles. The van der Waals surface area contributed by atoms with E-state index in [9.17, 15) is 0 Å². The molecular formula is C28H34N6OS. The van der Waals surface area contributed by atoms with Crippen molar-refractivity contribution in [2.75, 3.05) is 34.8 Å². The SMILES string of the molecule is C[C@@H]1CCCCN1c1cc(Oc2ccccc2)nc(NC(=S)NCc2ccc(N3CCCC3)cc2)n1. The van der Waals surface area contributed by atoms with Crippen molar-refractivity contribution in [3.63, 3.8) is 0 Å². The molecule has 2 aromatic carbocycles. The highest BCUT2D eigenvalue weighted by molar-refractivity contribution is 7.80. The Bertz CT molecular complexity index is 1150. The first kappa shape index (κ1) is 24.3. The van der Waals surface area contributed by atoms with Gasteiger partial charge in [-0.3, -0.25) is 0 Å². The Morgan fingerprint density at radius 1 is 0.972 bits per heavy atom. The van der Waals surface area contributed by atoms with Gasteiger partial charge >= 0.3 is 0 Å². The molecule has 2 fully saturated rings. The standard InChI is InChI=1S/C28H34N6OS/c1-21-9-5-6-18-34(21)25-19-26(35-24-10-3-2-4-11-24)31-27(30-25)32-28(36)29-20-22-12-14-23(15-13-22)33-16-7-8-17-33/h2-4,10-15,19,21H,5-9,16-18,20H2,1H3,(H2,29,30,31,32,36)/t21-/m1/s1. The predicted octanol–water partition coefficient (Wildman–Crippen LogP) is 5.73. The number of para-hydroxylation sites is 1. The van der Waals surface area contributed by atoms with Crippen LogP contribution < -0.4 is 25.2 Å². The summed E-state index contributed by atoms with van der Waals surface area (Å²) in [6.45, 7) is 6.14. The molecule has 0 saturated carbocycles. The molecule has 1 atom stereocenters. The largest absolute Gasteiger partial charge is 0.439 e. The molecular weight excluding hydrogens is 468 g/mol. The van der Waals surface area contributed by atoms with Crippen molar-refractivity contribution in [2.45, 2.75) is 51.6 Å². The van der Waals surface area contributed by atoms with Crippen molar-refractivity contribution in [3.05, 3.63) is 66.2 Å². The zero-order chi connectivity index (χ0) is 24.7. The van der Waals surface area contributed by atoms with Crippen LogP contribution in [0.15, 0.2) is 60.7 Å². The van der Waals surface area contributed by atoms with Gasteiger partial charge in [-0.25, -0.2) is 0 Å². The summed E-state index contributed by atoms with van der Waals surface area (Å²) in [4.78, 5) is 14.1. The summed E-state index contributed by atoms with van der Waals surface area (Å²) in [5.74, 6) is 2.51. The number of piperidine rings is 1. The number of rotatable bonds is 7. The number of benzene rings is 2. The number of hydrogen-bond acceptors (Lipinski definition) is 6. The van der Waals surface area contributed by atoms with Crippen molar-refractivity contribution in [2.24, 2.45) is 0 Å². The number of nitrogens with one attached hydrogen (secondary N) is 2. The Hall–Kier alpha value is -3.39. The Balaban J connectivity index is 1.26. The van der Waals surface area contributed by atoms with Crippen molar-refractivity contribution in [1.82, 2.24) is 15.3 Å². The molecule has 0 amide bonds. The number of hydrogen-bond donors (Lipinski definition) is 2. The molecule has 0 radical (unpaired) electrons. The monoisotopic (exact) mass is 502 g/mol. The Morgan fingerprint density at radius 3 is 2.47 bits per heavy atom. The van der Waals surface area contributed by atoms with E-state index in [-0.39, 0.29) is 0 Å². The highest BCUT2D eigenvalue weighted by Crippen LogP contribution is 2.29. The van der Waals surface area contributed by atoms with Crippen LogP contribution in [0.2, 0.25) is 0 Å². The predicted molar refractivity (Wildman–Crippen MR) is 150 cm³/mol. The molecule has 3 aromatic rings. The Labute approximate surface area is 218 Å². The summed E-state index contributed by atoms with van der Waals surface area (Å²) < 4.78 is 6.06. The molecule has 2 saturated heterocycles. The average molecular weight is 503 g/mol. The van der Waals surface area contributed by atoms with Crippen LogP contribution in [-0.2, 0) is 6.54 Å². The number of ether oxygens (including phenoxy) is 1. The van der Waals surface area contributed by atoms with Crippen LogP contribution >= 0.6 is 12.2 Å². The zero-order valence-corrected chi connectivity index (χ0v) is 21.6. The van der Waals surface area contributed by atoms with E-state index >= 15 is 0 Å². The Morgan fingerprint density at radius 2 is 1.72 bits per heavy atom. The summed E-state index contributed by atoms with van der Waals surface area (Å²) >= 11 is 5.58. The van der Waals surface area contributed by atoms with E-state index in [0.717, 1.165) is 44.0 Å². The molecule has 8 heteroatoms. The molecule has 0 unspecified atom stereocenters. The molecule has 7 nitrogen and oxygen atoms in total. The Kier molecular flexibility index (Phi) is 7.81. The molecule has 2 aliphatic rings. The van der Waals surface area contributed by atoms with Gasteiger partial charge in [0.2, 0.25) is 11.8 Å². The first-order valence-electron chi connectivity index (χ1n) is 12.9. The average Bonchev–Trinajstić information content (AvgIpc) is 3.44. The summed E-state index contributed by atoms with van der Waals surface area (Å²) in [6.07, 6.45) is 6.11. The summed E-state index contributed by atoms with van der Waals surface area (Å²) in [6, 6.07) is 20.7. The maximum Gasteiger partial charge on any atom is 0.234 e. The molecule has 3 heterocycles. The number of nitrogens with zero attached hydrogens (tertiary/aromatic N) is 4. The molecule has 0 bridgehead atoms. The normalized spacial score (nSPS) is 17.6. The van der Waals surface area contributed by atoms with E-state index in [0.29, 0.717) is 29.5 Å². The topological polar surface area (TPSA) is 65.6 Å². The van der Waals surface area contributed by atoms with Gasteiger partial charge < -0.3 is 25.2 Å². The first-order valence-corrected chi connectivity index (χ1v) is 13.3. The lowest BCUT2D eigenvalue weighted by atomic mass is 10.0. The van der Waals surface area contributed by atoms with Gasteiger partial charge in [0.25, 0.3) is 0 Å². The van der Waals surface area contributed by atoms with Crippen LogP contribution in [0.5, 0.6) is 11.6 Å². The fourth-order valence-corrected chi connectivity index (χ4v) is 5.01. The molecule has 2 aliphatic heterocycles. The number of anilines is 3. The van der Waals surface area contributed by atoms with Crippen LogP contribution in [0.4, 0.5) is 17.5 Å². The number of thiocarbonyl (C=S) groups is 1. The van der Waals surface area contributed by atoms with Crippen LogP contribution in [0, 0.1) is 0 Å². The molecule has 36 heavy (non-hydrogen) atoms. The van der Waals surface area contributed by atoms with Crippen molar-refractivity contribution >= 4 is 34.8 Å². The maximum atomic E-state index is 6.06. The van der Waals surface area contributed by atoms with Gasteiger partial charge in [-0.15, -0.1) is 0 Å². The van der Waals surface area contributed by atoms with E-state index in [1.165, 1.54) is 30.5 Å². The van der Waals surface area contributed by atoms with Crippen LogP contribution in [0.25, 0.3) is 0 Å². The van der Waals surface area contributed by atoms with Gasteiger partial charge in [0, 0.05) is 44.0 Å². The minimum Gasteiger partial charge on any atom is -0.439 e. The highest BCUT2D eigenvalue weighted by atomic mass is 32.1. The second-order valence-corrected chi connectivity index (χ2v) is 9.92. The third-order valence-electron chi connectivity index (χ3n) is 6.84. The van der Waals surface area contributed by atoms with Crippen molar-refractivity contribution < 1.29 is 4.74 Å². The maximum absolute atomic E-state index is 6.06. The lowest BCUT2D eigenvalue weighted by Gasteiger charge is -2.34. The molecule has 5 rings (SSSR count). The fourth-order valence-electron chi connectivity index (χ4n) is 4.84. The minimum absolute atomic E-state index is 0.416. The minimum atomic E-state index is 0.416. The highest BCUT2D eigenvalue weighted by Gasteiger charge is 2.22. The molecule has 188 valence electrons. The third kappa shape index (κ3) is 6.23. The van der Waals surface area contributed by atoms with Crippen molar-refractivity contribution in [3.8, 4) is 11.6 Å². The fraction of sp³-hybridized carbons (Fsp3) is 0.393. The van der Waals surface area contributed by atoms with Gasteiger partial charge in [0.1, 0.15) is 11.6 Å². The second kappa shape index (κ2) is 11.6. The van der Waals surface area contributed by atoms with Gasteiger partial charge in [-0.05, 0) is 81.1 Å². The lowest BCUT2D eigenvalue weighted by molar-refractivity contribution is 0.457. The third-order valence-corrected chi connectivity index (χ3v) is 7.08. The number of aromatic nitrogens is 2. The van der Waals surface area contributed by atoms with Crippen LogP contribution in [-0.4, -0.2) is 40.8 Å². The molecule has 1 aromatic heterocycles. The van der Waals surface area contributed by atoms with Gasteiger partial charge in [0.15, 0.2) is 5.11 Å². The lowest BCUT2D eigenvalue weighted by Crippen LogP contribution is -2.38. The van der Waals surface area contributed by atoms with Gasteiger partial charge in [0.05, 0.1) is 0 Å². The molecule has 2 N–H and O–H groups in total. The summed E-state index contributed by atoms with van der Waals surface area (Å²) in [5.41, 5.74) is 2.46. The van der Waals surface area contributed by atoms with Crippen molar-refractivity contribution in [1.29, 1.82) is 0 Å². The van der Waals surface area contributed by atoms with Gasteiger partial charge in [-0.1, -0.05) is 30.3 Å². The van der Waals surface area contributed by atoms with E-state index in [4.69, 9.17) is 21.9 Å². The smallest absolute Gasteiger partial charge is 0.234 e. The second-order valence-electron chi connectivity index (χ2n) is 9.51. The van der Waals surface area contributed by atoms with Crippen LogP contribution in [0.1, 0.15) is 44.6 Å². The first-order chi connectivity index (χ1) is 17.6. The zero-order valence-electron chi connectivity index (χ0n) is 20.8. The van der Waals surface area contributed by atoms with E-state index in [1.54, 1.807) is 0 Å². The van der Waals surface area contributed by atoms with E-state index in [2.05, 4.69) is 56.6 Å².